The smallest absolute Gasteiger partial charge is 0.333 e. The van der Waals surface area contributed by atoms with Crippen LogP contribution in [0.4, 0.5) is 0 Å². The SMILES string of the molecule is CCOC(=O)C1=C[C@@H](OC(CC)CC)[C@H](C)[C@@H](N)C1. The van der Waals surface area contributed by atoms with Gasteiger partial charge >= 0.3 is 5.97 Å². The van der Waals surface area contributed by atoms with E-state index >= 15 is 0 Å². The topological polar surface area (TPSA) is 61.5 Å². The number of hydrogen-bond acceptors (Lipinski definition) is 4. The first kappa shape index (κ1) is 16.2. The third kappa shape index (κ3) is 4.32. The molecule has 0 fully saturated rings. The molecular formula is C15H27NO3. The van der Waals surface area contributed by atoms with E-state index in [1.165, 1.54) is 0 Å². The van der Waals surface area contributed by atoms with Gasteiger partial charge in [0.05, 0.1) is 18.8 Å². The Labute approximate surface area is 116 Å². The van der Waals surface area contributed by atoms with Gasteiger partial charge in [-0.15, -0.1) is 0 Å². The zero-order chi connectivity index (χ0) is 14.4. The van der Waals surface area contributed by atoms with Crippen LogP contribution in [0, 0.1) is 5.92 Å². The second-order valence-corrected chi connectivity index (χ2v) is 5.18. The zero-order valence-electron chi connectivity index (χ0n) is 12.5. The summed E-state index contributed by atoms with van der Waals surface area (Å²) in [4.78, 5) is 11.8. The largest absolute Gasteiger partial charge is 0.463 e. The van der Waals surface area contributed by atoms with E-state index in [2.05, 4.69) is 20.8 Å². The van der Waals surface area contributed by atoms with Crippen LogP contribution in [0.1, 0.15) is 47.0 Å². The first-order valence-corrected chi connectivity index (χ1v) is 7.32. The van der Waals surface area contributed by atoms with E-state index in [-0.39, 0.29) is 30.1 Å². The van der Waals surface area contributed by atoms with Crippen molar-refractivity contribution in [3.63, 3.8) is 0 Å². The Hall–Kier alpha value is -0.870. The van der Waals surface area contributed by atoms with E-state index in [4.69, 9.17) is 15.2 Å². The molecule has 1 aliphatic rings. The molecule has 0 aromatic heterocycles. The number of esters is 1. The predicted molar refractivity (Wildman–Crippen MR) is 75.7 cm³/mol. The average Bonchev–Trinajstić information content (AvgIpc) is 2.40. The van der Waals surface area contributed by atoms with Gasteiger partial charge in [0.1, 0.15) is 0 Å². The molecule has 0 saturated heterocycles. The summed E-state index contributed by atoms with van der Waals surface area (Å²) in [5.74, 6) is -0.0400. The second-order valence-electron chi connectivity index (χ2n) is 5.18. The number of nitrogens with two attached hydrogens (primary N) is 1. The summed E-state index contributed by atoms with van der Waals surface area (Å²) in [5.41, 5.74) is 6.78. The van der Waals surface area contributed by atoms with Crippen LogP contribution in [0.5, 0.6) is 0 Å². The van der Waals surface area contributed by atoms with E-state index in [0.717, 1.165) is 12.8 Å². The van der Waals surface area contributed by atoms with Gasteiger partial charge in [-0.2, -0.15) is 0 Å². The maximum atomic E-state index is 11.8. The Morgan fingerprint density at radius 1 is 1.42 bits per heavy atom. The predicted octanol–water partition coefficient (Wildman–Crippen LogP) is 2.42. The van der Waals surface area contributed by atoms with Crippen LogP contribution < -0.4 is 5.73 Å². The van der Waals surface area contributed by atoms with Crippen LogP contribution in [-0.4, -0.2) is 30.8 Å². The van der Waals surface area contributed by atoms with Crippen LogP contribution in [0.25, 0.3) is 0 Å². The molecule has 4 nitrogen and oxygen atoms in total. The molecule has 0 saturated carbocycles. The molecule has 0 aromatic carbocycles. The standard InChI is InChI=1S/C15H27NO3/c1-5-12(6-2)19-14-9-11(15(17)18-7-3)8-13(16)10(14)4/h9-10,12-14H,5-8,16H2,1-4H3/t10-,13+,14-/m1/s1. The normalized spacial score (nSPS) is 27.3. The van der Waals surface area contributed by atoms with Gasteiger partial charge in [0.15, 0.2) is 0 Å². The molecule has 110 valence electrons. The van der Waals surface area contributed by atoms with E-state index in [9.17, 15) is 4.79 Å². The summed E-state index contributed by atoms with van der Waals surface area (Å²) in [6.07, 6.45) is 4.55. The van der Waals surface area contributed by atoms with Crippen molar-refractivity contribution in [1.29, 1.82) is 0 Å². The maximum absolute atomic E-state index is 11.8. The molecule has 3 atom stereocenters. The van der Waals surface area contributed by atoms with Crippen molar-refractivity contribution in [2.24, 2.45) is 11.7 Å². The molecule has 0 amide bonds. The van der Waals surface area contributed by atoms with Crippen LogP contribution in [0.2, 0.25) is 0 Å². The fourth-order valence-corrected chi connectivity index (χ4v) is 2.34. The minimum absolute atomic E-state index is 0.0521. The zero-order valence-corrected chi connectivity index (χ0v) is 12.5. The van der Waals surface area contributed by atoms with Gasteiger partial charge in [0.25, 0.3) is 0 Å². The molecule has 0 radical (unpaired) electrons. The summed E-state index contributed by atoms with van der Waals surface area (Å²) in [7, 11) is 0. The van der Waals surface area contributed by atoms with Crippen molar-refractivity contribution in [3.8, 4) is 0 Å². The molecule has 0 unspecified atom stereocenters. The highest BCUT2D eigenvalue weighted by atomic mass is 16.5. The highest BCUT2D eigenvalue weighted by Gasteiger charge is 2.32. The summed E-state index contributed by atoms with van der Waals surface area (Å²) < 4.78 is 11.1. The number of carbonyl (C=O) groups is 1. The third-order valence-electron chi connectivity index (χ3n) is 3.81. The van der Waals surface area contributed by atoms with E-state index in [0.29, 0.717) is 18.6 Å². The van der Waals surface area contributed by atoms with Gasteiger partial charge in [0.2, 0.25) is 0 Å². The first-order chi connectivity index (χ1) is 9.03. The highest BCUT2D eigenvalue weighted by molar-refractivity contribution is 5.88. The molecule has 0 bridgehead atoms. The van der Waals surface area contributed by atoms with Gasteiger partial charge in [-0.1, -0.05) is 20.8 Å². The Balaban J connectivity index is 2.81. The number of ether oxygens (including phenoxy) is 2. The summed E-state index contributed by atoms with van der Waals surface area (Å²) >= 11 is 0. The minimum Gasteiger partial charge on any atom is -0.463 e. The Bertz CT molecular complexity index is 323. The van der Waals surface area contributed by atoms with E-state index in [1.807, 2.05) is 13.0 Å². The number of carbonyl (C=O) groups excluding carboxylic acids is 1. The molecule has 2 N–H and O–H groups in total. The van der Waals surface area contributed by atoms with Gasteiger partial charge in [-0.3, -0.25) is 0 Å². The van der Waals surface area contributed by atoms with Crippen LogP contribution >= 0.6 is 0 Å². The highest BCUT2D eigenvalue weighted by Crippen LogP contribution is 2.27. The quantitative estimate of drug-likeness (QED) is 0.752. The van der Waals surface area contributed by atoms with Crippen molar-refractivity contribution in [3.05, 3.63) is 11.6 Å². The van der Waals surface area contributed by atoms with Gasteiger partial charge in [-0.25, -0.2) is 4.79 Å². The lowest BCUT2D eigenvalue weighted by atomic mass is 9.84. The molecule has 1 rings (SSSR count). The van der Waals surface area contributed by atoms with Crippen LogP contribution in [0.3, 0.4) is 0 Å². The monoisotopic (exact) mass is 269 g/mol. The fraction of sp³-hybridized carbons (Fsp3) is 0.800. The average molecular weight is 269 g/mol. The Morgan fingerprint density at radius 2 is 2.05 bits per heavy atom. The second kappa shape index (κ2) is 7.65. The Morgan fingerprint density at radius 3 is 2.58 bits per heavy atom. The summed E-state index contributed by atoms with van der Waals surface area (Å²) in [5, 5.41) is 0. The lowest BCUT2D eigenvalue weighted by Gasteiger charge is -2.34. The molecule has 0 aromatic rings. The van der Waals surface area contributed by atoms with Gasteiger partial charge < -0.3 is 15.2 Å². The summed E-state index contributed by atoms with van der Waals surface area (Å²) in [6, 6.07) is -0.0521. The lowest BCUT2D eigenvalue weighted by Crippen LogP contribution is -2.42. The lowest BCUT2D eigenvalue weighted by molar-refractivity contribution is -0.139. The maximum Gasteiger partial charge on any atom is 0.333 e. The first-order valence-electron chi connectivity index (χ1n) is 7.32. The van der Waals surface area contributed by atoms with E-state index < -0.39 is 0 Å². The third-order valence-corrected chi connectivity index (χ3v) is 3.81. The summed E-state index contributed by atoms with van der Waals surface area (Å²) in [6.45, 7) is 8.49. The van der Waals surface area contributed by atoms with Crippen molar-refractivity contribution in [2.45, 2.75) is 65.2 Å². The van der Waals surface area contributed by atoms with Crippen molar-refractivity contribution in [2.75, 3.05) is 6.61 Å². The fourth-order valence-electron chi connectivity index (χ4n) is 2.34. The minimum atomic E-state index is -0.261. The molecular weight excluding hydrogens is 242 g/mol. The van der Waals surface area contributed by atoms with Crippen molar-refractivity contribution < 1.29 is 14.3 Å². The molecule has 0 heterocycles. The molecule has 4 heteroatoms. The van der Waals surface area contributed by atoms with Crippen LogP contribution in [-0.2, 0) is 14.3 Å². The van der Waals surface area contributed by atoms with Crippen LogP contribution in [0.15, 0.2) is 11.6 Å². The number of hydrogen-bond donors (Lipinski definition) is 1. The van der Waals surface area contributed by atoms with Gasteiger partial charge in [0, 0.05) is 17.5 Å². The molecule has 0 aliphatic heterocycles. The molecule has 0 spiro atoms. The number of rotatable bonds is 6. The molecule has 19 heavy (non-hydrogen) atoms. The van der Waals surface area contributed by atoms with Crippen molar-refractivity contribution >= 4 is 5.97 Å². The molecule has 1 aliphatic carbocycles. The van der Waals surface area contributed by atoms with Gasteiger partial charge in [-0.05, 0) is 32.3 Å². The Kier molecular flexibility index (Phi) is 6.52. The van der Waals surface area contributed by atoms with E-state index in [1.54, 1.807) is 0 Å². The van der Waals surface area contributed by atoms with Crippen molar-refractivity contribution in [1.82, 2.24) is 0 Å².